The second-order valence-electron chi connectivity index (χ2n) is 12.4. The SMILES string of the molecule is CN1CCCC12CCCC2Oc1nc2c3c(nc(Cl)cc3n1)OC[C@@H]1[C@@H]3CC[C@H](CN21)N3C(=O)OCc1ccccc1. The molecule has 6 heterocycles. The van der Waals surface area contributed by atoms with Crippen LogP contribution in [-0.4, -0.2) is 87.4 Å². The van der Waals surface area contributed by atoms with Crippen molar-refractivity contribution in [3.05, 3.63) is 47.1 Å². The molecule has 3 saturated heterocycles. The van der Waals surface area contributed by atoms with E-state index in [1.54, 1.807) is 6.07 Å². The molecule has 1 aliphatic carbocycles. The lowest BCUT2D eigenvalue weighted by Crippen LogP contribution is -2.63. The number of likely N-dealkylation sites (N-methyl/N-ethyl adjacent to an activating group) is 1. The summed E-state index contributed by atoms with van der Waals surface area (Å²) in [6.07, 6.45) is 7.11. The standard InChI is InChI=1S/C31H35ClN6O4/c1-36-14-6-13-31(36)12-5-9-24(31)42-29-33-21-15-25(32)34-28-26(21)27(35-29)37-16-20-10-11-22(23(37)18-40-28)38(20)30(39)41-17-19-7-3-2-4-8-19/h2-4,7-8,15,20,22-24H,5-6,9-14,16-18H2,1H3/t20-,22+,23-,24?,31?/m1/s1. The van der Waals surface area contributed by atoms with Gasteiger partial charge in [0.05, 0.1) is 29.2 Å². The molecule has 0 N–H and O–H groups in total. The normalized spacial score (nSPS) is 30.0. The van der Waals surface area contributed by atoms with Crippen LogP contribution in [-0.2, 0) is 11.3 Å². The van der Waals surface area contributed by atoms with Crippen LogP contribution in [0.2, 0.25) is 5.15 Å². The van der Waals surface area contributed by atoms with Crippen LogP contribution in [0.5, 0.6) is 11.9 Å². The topological polar surface area (TPSA) is 93.2 Å². The molecule has 1 amide bonds. The average Bonchev–Trinajstić information content (AvgIpc) is 3.64. The molecule has 1 saturated carbocycles. The van der Waals surface area contributed by atoms with Crippen molar-refractivity contribution >= 4 is 34.4 Å². The van der Waals surface area contributed by atoms with Crippen LogP contribution >= 0.6 is 11.6 Å². The zero-order valence-corrected chi connectivity index (χ0v) is 24.5. The molecule has 0 radical (unpaired) electrons. The summed E-state index contributed by atoms with van der Waals surface area (Å²) in [6.45, 7) is 2.31. The Hall–Kier alpha value is -3.37. The molecule has 5 atom stereocenters. The monoisotopic (exact) mass is 590 g/mol. The summed E-state index contributed by atoms with van der Waals surface area (Å²) in [5, 5.41) is 1.06. The number of carbonyl (C=O) groups is 1. The Kier molecular flexibility index (Phi) is 6.33. The summed E-state index contributed by atoms with van der Waals surface area (Å²) in [7, 11) is 2.21. The van der Waals surface area contributed by atoms with Gasteiger partial charge in [0.15, 0.2) is 0 Å². The number of aromatic nitrogens is 3. The van der Waals surface area contributed by atoms with E-state index in [1.807, 2.05) is 35.2 Å². The summed E-state index contributed by atoms with van der Waals surface area (Å²) >= 11 is 6.46. The Balaban J connectivity index is 1.12. The lowest BCUT2D eigenvalue weighted by molar-refractivity contribution is 0.0410. The van der Waals surface area contributed by atoms with Gasteiger partial charge in [0.25, 0.3) is 0 Å². The van der Waals surface area contributed by atoms with Crippen molar-refractivity contribution in [3.8, 4) is 11.9 Å². The van der Waals surface area contributed by atoms with Crippen LogP contribution in [0.3, 0.4) is 0 Å². The van der Waals surface area contributed by atoms with Crippen molar-refractivity contribution < 1.29 is 19.0 Å². The van der Waals surface area contributed by atoms with Crippen molar-refractivity contribution in [2.45, 2.75) is 81.3 Å². The third-order valence-corrected chi connectivity index (χ3v) is 10.4. The molecule has 1 aromatic carbocycles. The van der Waals surface area contributed by atoms with E-state index in [9.17, 15) is 4.79 Å². The van der Waals surface area contributed by atoms with Gasteiger partial charge in [-0.25, -0.2) is 9.78 Å². The number of ether oxygens (including phenoxy) is 3. The van der Waals surface area contributed by atoms with Gasteiger partial charge >= 0.3 is 12.1 Å². The minimum absolute atomic E-state index is 0.0101. The largest absolute Gasteiger partial charge is 0.475 e. The molecule has 8 rings (SSSR count). The van der Waals surface area contributed by atoms with Gasteiger partial charge in [0, 0.05) is 12.6 Å². The molecule has 220 valence electrons. The number of amides is 1. The number of likely N-dealkylation sites (tertiary alicyclic amines) is 1. The van der Waals surface area contributed by atoms with Gasteiger partial charge in [0.2, 0.25) is 5.88 Å². The van der Waals surface area contributed by atoms with Crippen LogP contribution in [0.4, 0.5) is 10.6 Å². The molecule has 11 heteroatoms. The van der Waals surface area contributed by atoms with E-state index in [-0.39, 0.29) is 42.5 Å². The van der Waals surface area contributed by atoms with Crippen molar-refractivity contribution in [1.29, 1.82) is 0 Å². The molecule has 42 heavy (non-hydrogen) atoms. The number of benzene rings is 1. The summed E-state index contributed by atoms with van der Waals surface area (Å²) in [6, 6.07) is 11.7. The second-order valence-corrected chi connectivity index (χ2v) is 12.8. The first kappa shape index (κ1) is 26.3. The number of rotatable bonds is 4. The molecule has 2 bridgehead atoms. The number of hydrogen-bond acceptors (Lipinski definition) is 9. The fraction of sp³-hybridized carbons (Fsp3) is 0.548. The number of pyridine rings is 1. The fourth-order valence-electron chi connectivity index (χ4n) is 8.22. The maximum atomic E-state index is 13.4. The number of carbonyl (C=O) groups excluding carboxylic acids is 1. The Morgan fingerprint density at radius 2 is 1.95 bits per heavy atom. The summed E-state index contributed by atoms with van der Waals surface area (Å²) in [4.78, 5) is 34.5. The van der Waals surface area contributed by atoms with E-state index in [0.717, 1.165) is 61.8 Å². The lowest BCUT2D eigenvalue weighted by atomic mass is 9.92. The molecule has 4 aliphatic heterocycles. The molecular formula is C31H35ClN6O4. The molecule has 3 aromatic rings. The Morgan fingerprint density at radius 3 is 2.79 bits per heavy atom. The highest BCUT2D eigenvalue weighted by atomic mass is 35.5. The van der Waals surface area contributed by atoms with Crippen LogP contribution in [0.15, 0.2) is 36.4 Å². The number of halogens is 1. The molecular weight excluding hydrogens is 556 g/mol. The second kappa shape index (κ2) is 10.1. The predicted octanol–water partition coefficient (Wildman–Crippen LogP) is 4.82. The zero-order chi connectivity index (χ0) is 28.4. The van der Waals surface area contributed by atoms with Gasteiger partial charge in [-0.05, 0) is 64.1 Å². The van der Waals surface area contributed by atoms with Crippen molar-refractivity contribution in [1.82, 2.24) is 24.8 Å². The molecule has 10 nitrogen and oxygen atoms in total. The smallest absolute Gasteiger partial charge is 0.410 e. The molecule has 4 fully saturated rings. The number of fused-ring (bicyclic) bond motifs is 5. The Bertz CT molecular complexity index is 1520. The van der Waals surface area contributed by atoms with Crippen LogP contribution in [0.1, 0.15) is 50.5 Å². The van der Waals surface area contributed by atoms with E-state index in [2.05, 4.69) is 21.8 Å². The number of anilines is 1. The van der Waals surface area contributed by atoms with Gasteiger partial charge < -0.3 is 19.1 Å². The van der Waals surface area contributed by atoms with Gasteiger partial charge in [-0.2, -0.15) is 9.97 Å². The van der Waals surface area contributed by atoms with Gasteiger partial charge in [-0.3, -0.25) is 9.80 Å². The summed E-state index contributed by atoms with van der Waals surface area (Å²) < 4.78 is 18.8. The first-order valence-electron chi connectivity index (χ1n) is 15.1. The van der Waals surface area contributed by atoms with Crippen LogP contribution in [0, 0.1) is 0 Å². The Morgan fingerprint density at radius 1 is 1.10 bits per heavy atom. The molecule has 5 aliphatic rings. The number of piperazine rings is 1. The van der Waals surface area contributed by atoms with Crippen LogP contribution in [0.25, 0.3) is 10.9 Å². The van der Waals surface area contributed by atoms with Crippen molar-refractivity contribution in [3.63, 3.8) is 0 Å². The first-order chi connectivity index (χ1) is 20.5. The maximum absolute atomic E-state index is 13.4. The molecule has 1 spiro atoms. The van der Waals surface area contributed by atoms with Gasteiger partial charge in [-0.1, -0.05) is 41.9 Å². The highest BCUT2D eigenvalue weighted by Gasteiger charge is 2.52. The van der Waals surface area contributed by atoms with Crippen molar-refractivity contribution in [2.75, 3.05) is 31.6 Å². The highest BCUT2D eigenvalue weighted by molar-refractivity contribution is 6.30. The maximum Gasteiger partial charge on any atom is 0.410 e. The summed E-state index contributed by atoms with van der Waals surface area (Å²) in [5.74, 6) is 1.17. The number of nitrogens with zero attached hydrogens (tertiary/aromatic N) is 6. The predicted molar refractivity (Wildman–Crippen MR) is 157 cm³/mol. The number of hydrogen-bond donors (Lipinski definition) is 0. The van der Waals surface area contributed by atoms with Crippen molar-refractivity contribution in [2.24, 2.45) is 0 Å². The third kappa shape index (κ3) is 4.17. The minimum Gasteiger partial charge on any atom is -0.475 e. The first-order valence-corrected chi connectivity index (χ1v) is 15.5. The average molecular weight is 591 g/mol. The Labute approximate surface area is 249 Å². The van der Waals surface area contributed by atoms with Crippen LogP contribution < -0.4 is 14.4 Å². The highest BCUT2D eigenvalue weighted by Crippen LogP contribution is 2.46. The third-order valence-electron chi connectivity index (χ3n) is 10.2. The summed E-state index contributed by atoms with van der Waals surface area (Å²) in [5.41, 5.74) is 1.68. The van der Waals surface area contributed by atoms with E-state index in [4.69, 9.17) is 35.8 Å². The van der Waals surface area contributed by atoms with E-state index >= 15 is 0 Å². The van der Waals surface area contributed by atoms with Gasteiger partial charge in [-0.15, -0.1) is 0 Å². The minimum atomic E-state index is -0.280. The fourth-order valence-corrected chi connectivity index (χ4v) is 8.40. The zero-order valence-electron chi connectivity index (χ0n) is 23.7. The van der Waals surface area contributed by atoms with E-state index < -0.39 is 0 Å². The molecule has 2 aromatic heterocycles. The quantitative estimate of drug-likeness (QED) is 0.396. The van der Waals surface area contributed by atoms with E-state index in [1.165, 1.54) is 6.42 Å². The van der Waals surface area contributed by atoms with E-state index in [0.29, 0.717) is 35.7 Å². The van der Waals surface area contributed by atoms with Gasteiger partial charge in [0.1, 0.15) is 35.7 Å². The molecule has 2 unspecified atom stereocenters. The lowest BCUT2D eigenvalue weighted by Gasteiger charge is -2.45.